The first-order chi connectivity index (χ1) is 36.5. The van der Waals surface area contributed by atoms with Crippen molar-refractivity contribution in [3.63, 3.8) is 0 Å². The quantitative estimate of drug-likeness (QED) is 0.0779. The van der Waals surface area contributed by atoms with Gasteiger partial charge in [0.15, 0.2) is 12.0 Å². The molecule has 1 unspecified atom stereocenters. The summed E-state index contributed by atoms with van der Waals surface area (Å²) in [7, 11) is 0. The molecule has 0 saturated carbocycles. The number of ketones is 1. The molecule has 10 aromatic rings. The summed E-state index contributed by atoms with van der Waals surface area (Å²) in [6.07, 6.45) is 8.70. The second-order valence-electron chi connectivity index (χ2n) is 19.3. The van der Waals surface area contributed by atoms with E-state index in [2.05, 4.69) is 186 Å². The number of aliphatic hydroxyl groups is 1. The fourth-order valence-corrected chi connectivity index (χ4v) is 9.45. The van der Waals surface area contributed by atoms with Gasteiger partial charge in [-0.1, -0.05) is 74.0 Å². The van der Waals surface area contributed by atoms with Crippen molar-refractivity contribution in [2.45, 2.75) is 68.0 Å². The fraction of sp³-hybridized carbons (Fsp3) is 0.149. The number of fused-ring (bicyclic) bond motifs is 12. The summed E-state index contributed by atoms with van der Waals surface area (Å²) in [5.74, 6) is -1.05. The SMILES string of the molecule is CC(=O)C=C(C)O.Cc1ccc(-c2[c-]ccc(C)c2)nc1.Cc1ccc(-c2[c-]ccc(C)c2)nc1.Cc1ccc2c(c1)-c1ccc3ccc(C)cc3[n+]1C21c2ccccc2-c2ccc(C)c[n+]21.O=C(O)c1ccccn1.[Ir].[Ir]. The third-order valence-corrected chi connectivity index (χ3v) is 12.8. The van der Waals surface area contributed by atoms with Crippen LogP contribution in [0, 0.1) is 60.6 Å². The number of hydrogen-bond acceptors (Lipinski definition) is 6. The summed E-state index contributed by atoms with van der Waals surface area (Å²) < 4.78 is 5.10. The molecule has 2 aliphatic heterocycles. The van der Waals surface area contributed by atoms with Crippen LogP contribution < -0.4 is 9.13 Å². The first-order valence-corrected chi connectivity index (χ1v) is 25.1. The zero-order chi connectivity index (χ0) is 54.1. The summed E-state index contributed by atoms with van der Waals surface area (Å²) >= 11 is 0. The van der Waals surface area contributed by atoms with E-state index in [1.165, 1.54) is 116 Å². The van der Waals surface area contributed by atoms with E-state index in [9.17, 15) is 9.59 Å². The van der Waals surface area contributed by atoms with Crippen LogP contribution in [-0.4, -0.2) is 36.9 Å². The maximum atomic E-state index is 10.1. The average molecular weight is 1380 g/mol. The summed E-state index contributed by atoms with van der Waals surface area (Å²) in [6, 6.07) is 63.2. The zero-order valence-corrected chi connectivity index (χ0v) is 49.9. The molecule has 5 aromatic heterocycles. The van der Waals surface area contributed by atoms with Gasteiger partial charge in [0.2, 0.25) is 16.9 Å². The predicted octanol–water partition coefficient (Wildman–Crippen LogP) is 13.7. The summed E-state index contributed by atoms with van der Waals surface area (Å²) in [5, 5.41) is 18.0. The van der Waals surface area contributed by atoms with Crippen LogP contribution in [0.15, 0.2) is 200 Å². The Kier molecular flexibility index (Phi) is 20.1. The molecular formula is C67H61Ir2N5O4. The van der Waals surface area contributed by atoms with Crippen molar-refractivity contribution in [2.24, 2.45) is 0 Å². The number of hydrogen-bond donors (Lipinski definition) is 2. The Labute approximate surface area is 484 Å². The topological polar surface area (TPSA) is 121 Å². The van der Waals surface area contributed by atoms with Gasteiger partial charge in [0.25, 0.3) is 0 Å². The smallest absolute Gasteiger partial charge is 0.418 e. The fourth-order valence-electron chi connectivity index (χ4n) is 9.45. The van der Waals surface area contributed by atoms with E-state index >= 15 is 0 Å². The Morgan fingerprint density at radius 1 is 0.526 bits per heavy atom. The standard InChI is InChI=1S/C30H24N2.2C13H12N.C6H5NO2.C5H8O2.2Ir/c1-19-9-13-26-24(16-19)28-15-12-22-11-8-20(2)17-29(22)32(28)30(26)25-7-5-4-6-23(25)27-14-10-21(3)18-31(27)30;2*1-10-4-3-5-12(8-10)13-7-6-11(2)9-14-13;8-6(9)5-3-1-2-4-7-5;1-4(6)3-5(2)7;;/h4-18H,1-3H3;2*3-4,6-9H,1-2H3;1-4H,(H,8,9);3,6H,1-2H3;;/q+2;2*-1;;;;. The van der Waals surface area contributed by atoms with Gasteiger partial charge in [0, 0.05) is 94.0 Å². The molecule has 1 atom stereocenters. The van der Waals surface area contributed by atoms with Crippen LogP contribution in [0.25, 0.3) is 55.9 Å². The number of rotatable bonds is 4. The largest absolute Gasteiger partial charge is 0.512 e. The van der Waals surface area contributed by atoms with E-state index in [0.717, 1.165) is 22.5 Å². The molecule has 2 N–H and O–H groups in total. The first-order valence-electron chi connectivity index (χ1n) is 25.1. The average Bonchev–Trinajstić information content (AvgIpc) is 4.03. The Balaban J connectivity index is 0.000000179. The monoisotopic (exact) mass is 1390 g/mol. The van der Waals surface area contributed by atoms with E-state index < -0.39 is 11.6 Å². The summed E-state index contributed by atoms with van der Waals surface area (Å²) in [5.41, 5.74) is 21.5. The molecule has 0 aliphatic carbocycles. The number of benzene rings is 5. The predicted molar refractivity (Wildman–Crippen MR) is 302 cm³/mol. The van der Waals surface area contributed by atoms with Crippen LogP contribution in [-0.2, 0) is 50.7 Å². The van der Waals surface area contributed by atoms with E-state index in [4.69, 9.17) is 10.2 Å². The van der Waals surface area contributed by atoms with Crippen molar-refractivity contribution >= 4 is 22.7 Å². The number of aliphatic hydroxyl groups excluding tert-OH is 1. The van der Waals surface area contributed by atoms with Crippen LogP contribution in [0.3, 0.4) is 0 Å². The molecule has 0 amide bonds. The normalized spacial score (nSPS) is 12.8. The molecule has 2 radical (unpaired) electrons. The van der Waals surface area contributed by atoms with Gasteiger partial charge in [0.1, 0.15) is 16.8 Å². The molecule has 396 valence electrons. The number of aromatic nitrogens is 5. The molecule has 2 aliphatic rings. The zero-order valence-electron chi connectivity index (χ0n) is 45.1. The second-order valence-corrected chi connectivity index (χ2v) is 19.3. The minimum Gasteiger partial charge on any atom is -0.512 e. The van der Waals surface area contributed by atoms with Crippen molar-refractivity contribution in [2.75, 3.05) is 0 Å². The Morgan fingerprint density at radius 2 is 1.05 bits per heavy atom. The molecule has 78 heavy (non-hydrogen) atoms. The Bertz CT molecular complexity index is 3680. The van der Waals surface area contributed by atoms with Gasteiger partial charge in [-0.25, -0.2) is 9.78 Å². The number of aromatic carboxylic acids is 1. The maximum Gasteiger partial charge on any atom is 0.418 e. The van der Waals surface area contributed by atoms with Gasteiger partial charge in [0.05, 0.1) is 16.9 Å². The van der Waals surface area contributed by atoms with Crippen LogP contribution in [0.5, 0.6) is 0 Å². The van der Waals surface area contributed by atoms with Crippen molar-refractivity contribution in [1.29, 1.82) is 0 Å². The molecule has 5 aromatic carbocycles. The van der Waals surface area contributed by atoms with Crippen molar-refractivity contribution in [1.82, 2.24) is 15.0 Å². The van der Waals surface area contributed by atoms with Crippen LogP contribution in [0.1, 0.15) is 74.4 Å². The second kappa shape index (κ2) is 26.4. The van der Waals surface area contributed by atoms with E-state index in [1.807, 2.05) is 62.6 Å². The molecule has 12 rings (SSSR count). The Morgan fingerprint density at radius 3 is 1.58 bits per heavy atom. The van der Waals surface area contributed by atoms with Gasteiger partial charge in [-0.3, -0.25) is 4.79 Å². The number of carbonyl (C=O) groups is 2. The van der Waals surface area contributed by atoms with Gasteiger partial charge < -0.3 is 20.2 Å². The molecule has 0 saturated heterocycles. The summed E-state index contributed by atoms with van der Waals surface area (Å²) in [6.45, 7) is 17.6. The minimum absolute atomic E-state index is 0. The first kappa shape index (κ1) is 59.3. The van der Waals surface area contributed by atoms with Crippen molar-refractivity contribution in [3.05, 3.63) is 268 Å². The number of carbonyl (C=O) groups excluding carboxylic acids is 1. The van der Waals surface area contributed by atoms with Gasteiger partial charge in [-0.2, -0.15) is 0 Å². The maximum absolute atomic E-state index is 10.1. The number of aryl methyl sites for hydroxylation is 7. The number of carboxylic acid groups (broad SMARTS) is 1. The van der Waals surface area contributed by atoms with Gasteiger partial charge in [-0.05, 0) is 131 Å². The van der Waals surface area contributed by atoms with Crippen LogP contribution >= 0.6 is 0 Å². The van der Waals surface area contributed by atoms with E-state index in [-0.39, 0.29) is 57.4 Å². The molecular weight excluding hydrogens is 1320 g/mol. The van der Waals surface area contributed by atoms with E-state index in [0.29, 0.717) is 0 Å². The third kappa shape index (κ3) is 13.4. The minimum atomic E-state index is -0.990. The van der Waals surface area contributed by atoms with Crippen LogP contribution in [0.2, 0.25) is 0 Å². The van der Waals surface area contributed by atoms with Crippen LogP contribution in [0.4, 0.5) is 0 Å². The molecule has 0 bridgehead atoms. The van der Waals surface area contributed by atoms with E-state index in [1.54, 1.807) is 12.1 Å². The molecule has 9 nitrogen and oxygen atoms in total. The van der Waals surface area contributed by atoms with Gasteiger partial charge >= 0.3 is 11.6 Å². The summed E-state index contributed by atoms with van der Waals surface area (Å²) in [4.78, 5) is 32.5. The number of allylic oxidation sites excluding steroid dienone is 2. The molecule has 0 fully saturated rings. The Hall–Kier alpha value is -7.91. The third-order valence-electron chi connectivity index (χ3n) is 12.8. The molecule has 11 heteroatoms. The molecule has 1 spiro atoms. The van der Waals surface area contributed by atoms with Crippen molar-refractivity contribution < 1.29 is 69.1 Å². The number of pyridine rings is 5. The number of nitrogens with zero attached hydrogens (tertiary/aromatic N) is 5. The molecule has 7 heterocycles. The number of carboxylic acids is 1. The van der Waals surface area contributed by atoms with Crippen molar-refractivity contribution in [3.8, 4) is 45.0 Å². The van der Waals surface area contributed by atoms with Gasteiger partial charge in [-0.15, -0.1) is 79.9 Å².